The Bertz CT molecular complexity index is 1040. The maximum atomic E-state index is 13.4. The van der Waals surface area contributed by atoms with Crippen LogP contribution < -0.4 is 14.4 Å². The Morgan fingerprint density at radius 3 is 2.72 bits per heavy atom. The van der Waals surface area contributed by atoms with Crippen LogP contribution in [0.15, 0.2) is 41.3 Å². The van der Waals surface area contributed by atoms with E-state index in [0.717, 1.165) is 11.8 Å². The second-order valence-corrected chi connectivity index (χ2v) is 7.79. The van der Waals surface area contributed by atoms with Gasteiger partial charge in [-0.25, -0.2) is 9.18 Å². The molecule has 10 heteroatoms. The van der Waals surface area contributed by atoms with Gasteiger partial charge in [0.25, 0.3) is 5.91 Å². The first-order valence-corrected chi connectivity index (χ1v) is 9.66. The zero-order valence-corrected chi connectivity index (χ0v) is 17.2. The molecule has 2 aromatic rings. The molecule has 0 radical (unpaired) electrons. The first kappa shape index (κ1) is 21.1. The standard InChI is InChI=1S/C19H13ClFNO5S2/c1-26-15-6-10(2-5-14(15)27-9-17(23)24)7-16-18(25)22(19(28)29-16)11-3-4-13(21)12(20)8-11/h2-8H,9H2,1H3,(H,23,24)/b16-7+. The van der Waals surface area contributed by atoms with Crippen molar-refractivity contribution < 1.29 is 28.6 Å². The molecule has 2 aromatic carbocycles. The number of carboxylic acids is 1. The number of hydrogen-bond donors (Lipinski definition) is 1. The van der Waals surface area contributed by atoms with Gasteiger partial charge < -0.3 is 14.6 Å². The van der Waals surface area contributed by atoms with E-state index in [-0.39, 0.29) is 21.0 Å². The van der Waals surface area contributed by atoms with Gasteiger partial charge in [-0.3, -0.25) is 9.69 Å². The van der Waals surface area contributed by atoms with Gasteiger partial charge in [-0.05, 0) is 42.0 Å². The number of carbonyl (C=O) groups is 2. The number of anilines is 1. The van der Waals surface area contributed by atoms with Gasteiger partial charge in [0.05, 0.1) is 22.7 Å². The Morgan fingerprint density at radius 1 is 1.31 bits per heavy atom. The molecule has 0 aliphatic carbocycles. The Labute approximate surface area is 179 Å². The van der Waals surface area contributed by atoms with E-state index >= 15 is 0 Å². The minimum absolute atomic E-state index is 0.109. The number of ether oxygens (including phenoxy) is 2. The van der Waals surface area contributed by atoms with Crippen molar-refractivity contribution in [3.05, 3.63) is 57.7 Å². The highest BCUT2D eigenvalue weighted by Gasteiger charge is 2.33. The molecule has 0 atom stereocenters. The number of rotatable bonds is 6. The molecule has 1 amide bonds. The summed E-state index contributed by atoms with van der Waals surface area (Å²) in [5, 5.41) is 8.62. The quantitative estimate of drug-likeness (QED) is 0.514. The average molecular weight is 454 g/mol. The van der Waals surface area contributed by atoms with Crippen molar-refractivity contribution in [1.29, 1.82) is 0 Å². The van der Waals surface area contributed by atoms with Crippen molar-refractivity contribution in [1.82, 2.24) is 0 Å². The maximum Gasteiger partial charge on any atom is 0.341 e. The van der Waals surface area contributed by atoms with Gasteiger partial charge in [0.15, 0.2) is 22.4 Å². The number of methoxy groups -OCH3 is 1. The molecule has 0 unspecified atom stereocenters. The molecular weight excluding hydrogens is 441 g/mol. The van der Waals surface area contributed by atoms with Crippen molar-refractivity contribution in [2.45, 2.75) is 0 Å². The van der Waals surface area contributed by atoms with Crippen LogP contribution >= 0.6 is 35.6 Å². The normalized spacial score (nSPS) is 15.1. The number of hydrogen-bond acceptors (Lipinski definition) is 6. The fourth-order valence-electron chi connectivity index (χ4n) is 2.50. The van der Waals surface area contributed by atoms with Crippen LogP contribution in [-0.2, 0) is 9.59 Å². The Hall–Kier alpha value is -2.62. The molecular formula is C19H13ClFNO5S2. The molecule has 1 heterocycles. The number of aliphatic carboxylic acids is 1. The summed E-state index contributed by atoms with van der Waals surface area (Å²) in [4.78, 5) is 25.1. The lowest BCUT2D eigenvalue weighted by Crippen LogP contribution is -2.27. The molecule has 3 rings (SSSR count). The minimum atomic E-state index is -1.11. The smallest absolute Gasteiger partial charge is 0.341 e. The minimum Gasteiger partial charge on any atom is -0.493 e. The van der Waals surface area contributed by atoms with E-state index in [1.165, 1.54) is 30.2 Å². The summed E-state index contributed by atoms with van der Waals surface area (Å²) in [6.45, 7) is -0.505. The monoisotopic (exact) mass is 453 g/mol. The van der Waals surface area contributed by atoms with Gasteiger partial charge in [0.2, 0.25) is 0 Å². The van der Waals surface area contributed by atoms with E-state index in [0.29, 0.717) is 21.9 Å². The summed E-state index contributed by atoms with van der Waals surface area (Å²) in [6.07, 6.45) is 1.62. The fraction of sp³-hybridized carbons (Fsp3) is 0.105. The number of carboxylic acid groups (broad SMARTS) is 1. The molecule has 1 N–H and O–H groups in total. The van der Waals surface area contributed by atoms with Crippen molar-refractivity contribution >= 4 is 63.5 Å². The first-order valence-electron chi connectivity index (χ1n) is 8.06. The second kappa shape index (κ2) is 8.81. The lowest BCUT2D eigenvalue weighted by Gasteiger charge is -2.14. The highest BCUT2D eigenvalue weighted by atomic mass is 35.5. The van der Waals surface area contributed by atoms with Gasteiger partial charge in [0.1, 0.15) is 5.82 Å². The number of thioether (sulfide) groups is 1. The number of amides is 1. The Balaban J connectivity index is 1.87. The maximum absolute atomic E-state index is 13.4. The van der Waals surface area contributed by atoms with Crippen LogP contribution in [0.2, 0.25) is 5.02 Å². The van der Waals surface area contributed by atoms with Crippen LogP contribution in [0.1, 0.15) is 5.56 Å². The molecule has 1 fully saturated rings. The topological polar surface area (TPSA) is 76.1 Å². The Kier molecular flexibility index (Phi) is 6.41. The third kappa shape index (κ3) is 4.69. The molecule has 29 heavy (non-hydrogen) atoms. The molecule has 1 aliphatic heterocycles. The van der Waals surface area contributed by atoms with Crippen molar-refractivity contribution in [2.75, 3.05) is 18.6 Å². The molecule has 6 nitrogen and oxygen atoms in total. The van der Waals surface area contributed by atoms with Crippen molar-refractivity contribution in [3.63, 3.8) is 0 Å². The van der Waals surface area contributed by atoms with Crippen LogP contribution in [0.5, 0.6) is 11.5 Å². The highest BCUT2D eigenvalue weighted by Crippen LogP contribution is 2.38. The number of benzene rings is 2. The Morgan fingerprint density at radius 2 is 2.07 bits per heavy atom. The molecule has 0 spiro atoms. The van der Waals surface area contributed by atoms with Crippen LogP contribution in [0, 0.1) is 5.82 Å². The SMILES string of the molecule is COc1cc(/C=C2/SC(=S)N(c3ccc(F)c(Cl)c3)C2=O)ccc1OCC(=O)O. The van der Waals surface area contributed by atoms with Crippen molar-refractivity contribution in [3.8, 4) is 11.5 Å². The van der Waals surface area contributed by atoms with E-state index in [9.17, 15) is 14.0 Å². The summed E-state index contributed by atoms with van der Waals surface area (Å²) in [5.41, 5.74) is 1.000. The lowest BCUT2D eigenvalue weighted by atomic mass is 10.2. The van der Waals surface area contributed by atoms with E-state index in [2.05, 4.69) is 0 Å². The number of thiocarbonyl (C=S) groups is 1. The van der Waals surface area contributed by atoms with Gasteiger partial charge in [-0.1, -0.05) is 41.6 Å². The molecule has 0 saturated carbocycles. The summed E-state index contributed by atoms with van der Waals surface area (Å²) in [6, 6.07) is 8.74. The van der Waals surface area contributed by atoms with Crippen LogP contribution in [0.4, 0.5) is 10.1 Å². The van der Waals surface area contributed by atoms with E-state index in [1.807, 2.05) is 0 Å². The first-order chi connectivity index (χ1) is 13.8. The third-order valence-electron chi connectivity index (χ3n) is 3.79. The number of carbonyl (C=O) groups excluding carboxylic acids is 1. The third-order valence-corrected chi connectivity index (χ3v) is 5.38. The van der Waals surface area contributed by atoms with Gasteiger partial charge in [-0.15, -0.1) is 0 Å². The zero-order chi connectivity index (χ0) is 21.1. The molecule has 1 saturated heterocycles. The summed E-state index contributed by atoms with van der Waals surface area (Å²) in [7, 11) is 1.42. The molecule has 0 aromatic heterocycles. The van der Waals surface area contributed by atoms with E-state index in [4.69, 9.17) is 38.4 Å². The summed E-state index contributed by atoms with van der Waals surface area (Å²) < 4.78 is 24.1. The van der Waals surface area contributed by atoms with Crippen LogP contribution in [0.3, 0.4) is 0 Å². The highest BCUT2D eigenvalue weighted by molar-refractivity contribution is 8.27. The predicted molar refractivity (Wildman–Crippen MR) is 113 cm³/mol. The van der Waals surface area contributed by atoms with Gasteiger partial charge in [-0.2, -0.15) is 0 Å². The van der Waals surface area contributed by atoms with Gasteiger partial charge in [0, 0.05) is 0 Å². The fourth-order valence-corrected chi connectivity index (χ4v) is 3.97. The second-order valence-electron chi connectivity index (χ2n) is 5.71. The van der Waals surface area contributed by atoms with E-state index in [1.54, 1.807) is 24.3 Å². The molecule has 0 bridgehead atoms. The molecule has 150 valence electrons. The van der Waals surface area contributed by atoms with E-state index < -0.39 is 18.4 Å². The summed E-state index contributed by atoms with van der Waals surface area (Å²) >= 11 is 12.2. The predicted octanol–water partition coefficient (Wildman–Crippen LogP) is 4.36. The van der Waals surface area contributed by atoms with Crippen molar-refractivity contribution in [2.24, 2.45) is 0 Å². The zero-order valence-electron chi connectivity index (χ0n) is 14.8. The van der Waals surface area contributed by atoms with Crippen LogP contribution in [0.25, 0.3) is 6.08 Å². The number of nitrogens with zero attached hydrogens (tertiary/aromatic N) is 1. The van der Waals surface area contributed by atoms with Crippen LogP contribution in [-0.4, -0.2) is 35.0 Å². The number of halogens is 2. The van der Waals surface area contributed by atoms with Gasteiger partial charge >= 0.3 is 5.97 Å². The lowest BCUT2D eigenvalue weighted by molar-refractivity contribution is -0.139. The average Bonchev–Trinajstić information content (AvgIpc) is 2.96. The molecule has 1 aliphatic rings. The summed E-state index contributed by atoms with van der Waals surface area (Å²) in [5.74, 6) is -1.48. The largest absolute Gasteiger partial charge is 0.493 e.